The van der Waals surface area contributed by atoms with Gasteiger partial charge in [-0.2, -0.15) is 11.8 Å². The Morgan fingerprint density at radius 1 is 1.21 bits per heavy atom. The van der Waals surface area contributed by atoms with Crippen molar-refractivity contribution in [3.05, 3.63) is 35.9 Å². The first kappa shape index (κ1) is 14.9. The largest absolute Gasteiger partial charge is 0.313 e. The van der Waals surface area contributed by atoms with E-state index in [2.05, 4.69) is 61.3 Å². The van der Waals surface area contributed by atoms with Crippen LogP contribution >= 0.6 is 11.8 Å². The van der Waals surface area contributed by atoms with Gasteiger partial charge in [0.1, 0.15) is 0 Å². The number of rotatable bonds is 9. The van der Waals surface area contributed by atoms with Crippen LogP contribution in [0.25, 0.3) is 0 Å². The molecule has 2 rings (SSSR count). The second-order valence-corrected chi connectivity index (χ2v) is 6.70. The molecule has 3 unspecified atom stereocenters. The van der Waals surface area contributed by atoms with Crippen molar-refractivity contribution in [2.75, 3.05) is 18.1 Å². The van der Waals surface area contributed by atoms with Crippen LogP contribution in [-0.4, -0.2) is 24.1 Å². The molecule has 0 aliphatic heterocycles. The number of benzene rings is 1. The zero-order chi connectivity index (χ0) is 13.5. The monoisotopic (exact) mass is 277 g/mol. The Labute approximate surface area is 122 Å². The molecule has 1 aliphatic rings. The van der Waals surface area contributed by atoms with Crippen LogP contribution in [0, 0.1) is 5.92 Å². The molecular formula is C17H27NS. The quantitative estimate of drug-likeness (QED) is 0.675. The van der Waals surface area contributed by atoms with Gasteiger partial charge in [-0.1, -0.05) is 44.2 Å². The molecule has 1 N–H and O–H groups in total. The zero-order valence-electron chi connectivity index (χ0n) is 12.3. The van der Waals surface area contributed by atoms with Crippen LogP contribution in [0.4, 0.5) is 0 Å². The van der Waals surface area contributed by atoms with E-state index < -0.39 is 0 Å². The average molecular weight is 277 g/mol. The van der Waals surface area contributed by atoms with E-state index in [9.17, 15) is 0 Å². The average Bonchev–Trinajstić information content (AvgIpc) is 3.24. The summed E-state index contributed by atoms with van der Waals surface area (Å²) in [6.45, 7) is 5.69. The lowest BCUT2D eigenvalue weighted by Gasteiger charge is -2.18. The highest BCUT2D eigenvalue weighted by Crippen LogP contribution is 2.49. The molecular weight excluding hydrogens is 250 g/mol. The van der Waals surface area contributed by atoms with Gasteiger partial charge in [0.15, 0.2) is 0 Å². The van der Waals surface area contributed by atoms with Crippen molar-refractivity contribution in [2.24, 2.45) is 5.92 Å². The summed E-state index contributed by atoms with van der Waals surface area (Å²) in [6, 6.07) is 11.8. The third-order valence-electron chi connectivity index (χ3n) is 3.89. The van der Waals surface area contributed by atoms with E-state index >= 15 is 0 Å². The lowest BCUT2D eigenvalue weighted by Crippen LogP contribution is -2.34. The predicted molar refractivity (Wildman–Crippen MR) is 87.0 cm³/mol. The minimum absolute atomic E-state index is 0.710. The molecule has 0 amide bonds. The van der Waals surface area contributed by atoms with Crippen molar-refractivity contribution in [1.29, 1.82) is 0 Å². The van der Waals surface area contributed by atoms with Gasteiger partial charge < -0.3 is 5.32 Å². The Kier molecular flexibility index (Phi) is 6.25. The third-order valence-corrected chi connectivity index (χ3v) is 5.18. The molecule has 0 aromatic heterocycles. The first-order chi connectivity index (χ1) is 9.36. The van der Waals surface area contributed by atoms with Gasteiger partial charge in [-0.3, -0.25) is 0 Å². The Morgan fingerprint density at radius 3 is 2.68 bits per heavy atom. The van der Waals surface area contributed by atoms with Crippen LogP contribution < -0.4 is 5.32 Å². The molecule has 106 valence electrons. The van der Waals surface area contributed by atoms with Crippen LogP contribution in [0.1, 0.15) is 44.6 Å². The molecule has 1 aromatic carbocycles. The maximum atomic E-state index is 3.77. The van der Waals surface area contributed by atoms with Gasteiger partial charge >= 0.3 is 0 Å². The molecule has 1 saturated carbocycles. The van der Waals surface area contributed by atoms with Crippen molar-refractivity contribution in [3.63, 3.8) is 0 Å². The van der Waals surface area contributed by atoms with Crippen molar-refractivity contribution in [2.45, 2.75) is 45.1 Å². The number of hydrogen-bond acceptors (Lipinski definition) is 2. The molecule has 0 radical (unpaired) electrons. The maximum Gasteiger partial charge on any atom is 0.0192 e. The predicted octanol–water partition coefficient (Wildman–Crippen LogP) is 4.30. The Balaban J connectivity index is 1.85. The minimum atomic E-state index is 0.710. The van der Waals surface area contributed by atoms with E-state index in [1.165, 1.54) is 36.3 Å². The zero-order valence-corrected chi connectivity index (χ0v) is 13.1. The van der Waals surface area contributed by atoms with Crippen molar-refractivity contribution in [3.8, 4) is 0 Å². The first-order valence-electron chi connectivity index (χ1n) is 7.72. The summed E-state index contributed by atoms with van der Waals surface area (Å²) in [4.78, 5) is 0. The summed E-state index contributed by atoms with van der Waals surface area (Å²) in [7, 11) is 0. The van der Waals surface area contributed by atoms with E-state index in [-0.39, 0.29) is 0 Å². The smallest absolute Gasteiger partial charge is 0.0192 e. The SMILES string of the molecule is CCCNC(CSCCC)C1CC1c1ccccc1. The molecule has 2 heteroatoms. The third kappa shape index (κ3) is 4.54. The van der Waals surface area contributed by atoms with Gasteiger partial charge in [-0.05, 0) is 49.0 Å². The topological polar surface area (TPSA) is 12.0 Å². The fourth-order valence-corrected chi connectivity index (χ4v) is 3.84. The Morgan fingerprint density at radius 2 is 2.00 bits per heavy atom. The normalized spacial score (nSPS) is 23.3. The molecule has 0 spiro atoms. The summed E-state index contributed by atoms with van der Waals surface area (Å²) in [6.07, 6.45) is 3.90. The summed E-state index contributed by atoms with van der Waals surface area (Å²) >= 11 is 2.11. The maximum absolute atomic E-state index is 3.77. The first-order valence-corrected chi connectivity index (χ1v) is 8.88. The van der Waals surface area contributed by atoms with Gasteiger partial charge in [-0.15, -0.1) is 0 Å². The van der Waals surface area contributed by atoms with Crippen molar-refractivity contribution in [1.82, 2.24) is 5.32 Å². The molecule has 0 heterocycles. The van der Waals surface area contributed by atoms with Gasteiger partial charge in [0, 0.05) is 11.8 Å². The molecule has 1 aliphatic carbocycles. The lowest BCUT2D eigenvalue weighted by atomic mass is 10.1. The van der Waals surface area contributed by atoms with Gasteiger partial charge in [-0.25, -0.2) is 0 Å². The fraction of sp³-hybridized carbons (Fsp3) is 0.647. The van der Waals surface area contributed by atoms with Gasteiger partial charge in [0.2, 0.25) is 0 Å². The second kappa shape index (κ2) is 7.96. The molecule has 0 saturated heterocycles. The number of hydrogen-bond donors (Lipinski definition) is 1. The fourth-order valence-electron chi connectivity index (χ4n) is 2.76. The van der Waals surface area contributed by atoms with Crippen LogP contribution in [0.15, 0.2) is 30.3 Å². The van der Waals surface area contributed by atoms with Crippen LogP contribution in [0.2, 0.25) is 0 Å². The van der Waals surface area contributed by atoms with E-state index in [0.717, 1.165) is 18.4 Å². The summed E-state index contributed by atoms with van der Waals surface area (Å²) in [5.74, 6) is 4.24. The van der Waals surface area contributed by atoms with Crippen LogP contribution in [0.3, 0.4) is 0 Å². The summed E-state index contributed by atoms with van der Waals surface area (Å²) in [5, 5.41) is 3.77. The van der Waals surface area contributed by atoms with E-state index in [1.54, 1.807) is 0 Å². The summed E-state index contributed by atoms with van der Waals surface area (Å²) in [5.41, 5.74) is 1.54. The van der Waals surface area contributed by atoms with Gasteiger partial charge in [0.05, 0.1) is 0 Å². The van der Waals surface area contributed by atoms with Crippen LogP contribution in [-0.2, 0) is 0 Å². The summed E-state index contributed by atoms with van der Waals surface area (Å²) < 4.78 is 0. The van der Waals surface area contributed by atoms with Crippen molar-refractivity contribution < 1.29 is 0 Å². The van der Waals surface area contributed by atoms with Gasteiger partial charge in [0.25, 0.3) is 0 Å². The number of nitrogens with one attached hydrogen (secondary N) is 1. The van der Waals surface area contributed by atoms with E-state index in [0.29, 0.717) is 6.04 Å². The number of thioether (sulfide) groups is 1. The van der Waals surface area contributed by atoms with Crippen LogP contribution in [0.5, 0.6) is 0 Å². The highest BCUT2D eigenvalue weighted by atomic mass is 32.2. The molecule has 1 aromatic rings. The highest BCUT2D eigenvalue weighted by Gasteiger charge is 2.43. The molecule has 19 heavy (non-hydrogen) atoms. The van der Waals surface area contributed by atoms with E-state index in [1.807, 2.05) is 0 Å². The molecule has 1 fully saturated rings. The minimum Gasteiger partial charge on any atom is -0.313 e. The Hall–Kier alpha value is -0.470. The molecule has 3 atom stereocenters. The molecule has 0 bridgehead atoms. The molecule has 1 nitrogen and oxygen atoms in total. The van der Waals surface area contributed by atoms with E-state index in [4.69, 9.17) is 0 Å². The van der Waals surface area contributed by atoms with Crippen molar-refractivity contribution >= 4 is 11.8 Å². The highest BCUT2D eigenvalue weighted by molar-refractivity contribution is 7.99. The standard InChI is InChI=1S/C17H27NS/c1-3-10-18-17(13-19-11-4-2)16-12-15(16)14-8-6-5-7-9-14/h5-9,15-18H,3-4,10-13H2,1-2H3. The second-order valence-electron chi connectivity index (χ2n) is 5.55. The Bertz CT molecular complexity index is 352. The lowest BCUT2D eigenvalue weighted by molar-refractivity contribution is 0.495.